The topological polar surface area (TPSA) is 15.3 Å². The Morgan fingerprint density at radius 1 is 1.29 bits per heavy atom. The van der Waals surface area contributed by atoms with Gasteiger partial charge in [-0.05, 0) is 56.5 Å². The highest BCUT2D eigenvalue weighted by atomic mass is 15.1. The Balaban J connectivity index is 2.73. The molecule has 21 heavy (non-hydrogen) atoms. The molecule has 2 nitrogen and oxygen atoms in total. The Morgan fingerprint density at radius 3 is 2.43 bits per heavy atom. The number of rotatable bonds is 6. The Hall–Kier alpha value is -0.0800. The van der Waals surface area contributed by atoms with E-state index in [1.807, 2.05) is 0 Å². The molecule has 0 amide bonds. The first kappa shape index (κ1) is 19.0. The number of nitrogens with zero attached hydrogens (tertiary/aromatic N) is 1. The molecule has 1 aliphatic carbocycles. The third-order valence-electron chi connectivity index (χ3n) is 5.76. The molecule has 1 fully saturated rings. The van der Waals surface area contributed by atoms with Crippen molar-refractivity contribution < 1.29 is 0 Å². The molecule has 3 unspecified atom stereocenters. The van der Waals surface area contributed by atoms with Crippen LogP contribution in [0.3, 0.4) is 0 Å². The van der Waals surface area contributed by atoms with Crippen LogP contribution < -0.4 is 5.32 Å². The monoisotopic (exact) mass is 296 g/mol. The van der Waals surface area contributed by atoms with Crippen molar-refractivity contribution in [3.05, 3.63) is 0 Å². The van der Waals surface area contributed by atoms with E-state index in [1.165, 1.54) is 32.2 Å². The van der Waals surface area contributed by atoms with Crippen LogP contribution in [0.1, 0.15) is 74.1 Å². The zero-order valence-corrected chi connectivity index (χ0v) is 15.9. The highest BCUT2D eigenvalue weighted by molar-refractivity contribution is 4.95. The second kappa shape index (κ2) is 7.46. The molecule has 0 aromatic rings. The normalized spacial score (nSPS) is 27.9. The summed E-state index contributed by atoms with van der Waals surface area (Å²) >= 11 is 0. The van der Waals surface area contributed by atoms with E-state index in [4.69, 9.17) is 0 Å². The summed E-state index contributed by atoms with van der Waals surface area (Å²) in [4.78, 5) is 2.59. The Bertz CT molecular complexity index is 303. The van der Waals surface area contributed by atoms with Crippen molar-refractivity contribution in [2.24, 2.45) is 16.7 Å². The van der Waals surface area contributed by atoms with Gasteiger partial charge in [0, 0.05) is 18.6 Å². The largest absolute Gasteiger partial charge is 0.313 e. The average Bonchev–Trinajstić information content (AvgIpc) is 2.35. The highest BCUT2D eigenvalue weighted by Crippen LogP contribution is 2.39. The van der Waals surface area contributed by atoms with Crippen molar-refractivity contribution in [3.8, 4) is 0 Å². The minimum Gasteiger partial charge on any atom is -0.313 e. The zero-order valence-electron chi connectivity index (χ0n) is 15.9. The van der Waals surface area contributed by atoms with Crippen molar-refractivity contribution in [1.82, 2.24) is 10.2 Å². The molecule has 0 heterocycles. The van der Waals surface area contributed by atoms with Gasteiger partial charge in [-0.25, -0.2) is 0 Å². The van der Waals surface area contributed by atoms with Crippen LogP contribution >= 0.6 is 0 Å². The first-order valence-corrected chi connectivity index (χ1v) is 9.03. The van der Waals surface area contributed by atoms with E-state index in [2.05, 4.69) is 65.7 Å². The molecule has 0 aromatic carbocycles. The van der Waals surface area contributed by atoms with Crippen LogP contribution in [-0.4, -0.2) is 37.1 Å². The Labute approximate surface area is 134 Å². The summed E-state index contributed by atoms with van der Waals surface area (Å²) in [6.45, 7) is 19.0. The molecule has 1 saturated carbocycles. The lowest BCUT2D eigenvalue weighted by molar-refractivity contribution is 0.0560. The van der Waals surface area contributed by atoms with E-state index in [9.17, 15) is 0 Å². The number of hydrogen-bond donors (Lipinski definition) is 1. The van der Waals surface area contributed by atoms with Gasteiger partial charge in [-0.3, -0.25) is 0 Å². The Kier molecular flexibility index (Phi) is 6.74. The maximum Gasteiger partial charge on any atom is 0.0159 e. The first-order chi connectivity index (χ1) is 9.59. The van der Waals surface area contributed by atoms with E-state index in [0.717, 1.165) is 12.5 Å². The molecule has 0 radical (unpaired) electrons. The molecular weight excluding hydrogens is 256 g/mol. The van der Waals surface area contributed by atoms with Crippen LogP contribution in [0.5, 0.6) is 0 Å². The molecule has 126 valence electrons. The van der Waals surface area contributed by atoms with E-state index >= 15 is 0 Å². The van der Waals surface area contributed by atoms with E-state index in [1.54, 1.807) is 0 Å². The van der Waals surface area contributed by atoms with Gasteiger partial charge in [-0.1, -0.05) is 48.0 Å². The lowest BCUT2D eigenvalue weighted by atomic mass is 9.67. The van der Waals surface area contributed by atoms with E-state index in [0.29, 0.717) is 22.9 Å². The van der Waals surface area contributed by atoms with Gasteiger partial charge in [-0.15, -0.1) is 0 Å². The van der Waals surface area contributed by atoms with Crippen molar-refractivity contribution in [3.63, 3.8) is 0 Å². The lowest BCUT2D eigenvalue weighted by Crippen LogP contribution is -2.54. The fourth-order valence-electron chi connectivity index (χ4n) is 3.91. The zero-order chi connectivity index (χ0) is 16.3. The molecule has 0 aromatic heterocycles. The summed E-state index contributed by atoms with van der Waals surface area (Å²) in [5.41, 5.74) is 0.787. The standard InChI is InChI=1S/C19H40N2/c1-9-13-20-17-16(11-10-12-19(17,6)7)14-21(8)15(2)18(3,4)5/h15-17,20H,9-14H2,1-8H3. The van der Waals surface area contributed by atoms with Crippen LogP contribution in [0.25, 0.3) is 0 Å². The average molecular weight is 297 g/mol. The fourth-order valence-corrected chi connectivity index (χ4v) is 3.91. The molecule has 1 N–H and O–H groups in total. The minimum atomic E-state index is 0.352. The van der Waals surface area contributed by atoms with Gasteiger partial charge in [0.05, 0.1) is 0 Å². The maximum atomic E-state index is 3.87. The molecule has 1 rings (SSSR count). The van der Waals surface area contributed by atoms with Crippen LogP contribution in [0.4, 0.5) is 0 Å². The SMILES string of the molecule is CCCNC1C(CN(C)C(C)C(C)(C)C)CCCC1(C)C. The first-order valence-electron chi connectivity index (χ1n) is 9.03. The molecular formula is C19H40N2. The molecule has 0 bridgehead atoms. The second-order valence-electron chi connectivity index (χ2n) is 9.05. The van der Waals surface area contributed by atoms with Crippen molar-refractivity contribution in [2.45, 2.75) is 86.2 Å². The van der Waals surface area contributed by atoms with Gasteiger partial charge in [0.15, 0.2) is 0 Å². The summed E-state index contributed by atoms with van der Waals surface area (Å²) in [6.07, 6.45) is 5.36. The van der Waals surface area contributed by atoms with Crippen molar-refractivity contribution >= 4 is 0 Å². The Morgan fingerprint density at radius 2 is 1.90 bits per heavy atom. The number of nitrogens with one attached hydrogen (secondary N) is 1. The van der Waals surface area contributed by atoms with Gasteiger partial charge >= 0.3 is 0 Å². The summed E-state index contributed by atoms with van der Waals surface area (Å²) in [5.74, 6) is 0.787. The third-order valence-corrected chi connectivity index (χ3v) is 5.76. The van der Waals surface area contributed by atoms with E-state index in [-0.39, 0.29) is 0 Å². The van der Waals surface area contributed by atoms with Gasteiger partial charge in [0.2, 0.25) is 0 Å². The van der Waals surface area contributed by atoms with Crippen LogP contribution in [0.15, 0.2) is 0 Å². The van der Waals surface area contributed by atoms with Crippen LogP contribution in [-0.2, 0) is 0 Å². The van der Waals surface area contributed by atoms with Crippen LogP contribution in [0.2, 0.25) is 0 Å². The summed E-state index contributed by atoms with van der Waals surface area (Å²) < 4.78 is 0. The van der Waals surface area contributed by atoms with Gasteiger partial charge in [0.1, 0.15) is 0 Å². The fraction of sp³-hybridized carbons (Fsp3) is 1.00. The maximum absolute atomic E-state index is 3.87. The molecule has 0 spiro atoms. The molecule has 0 aliphatic heterocycles. The van der Waals surface area contributed by atoms with E-state index < -0.39 is 0 Å². The number of hydrogen-bond acceptors (Lipinski definition) is 2. The quantitative estimate of drug-likeness (QED) is 0.773. The summed E-state index contributed by atoms with van der Waals surface area (Å²) in [5, 5.41) is 3.87. The molecule has 0 saturated heterocycles. The summed E-state index contributed by atoms with van der Waals surface area (Å²) in [6, 6.07) is 1.29. The molecule has 3 atom stereocenters. The smallest absolute Gasteiger partial charge is 0.0159 e. The minimum absolute atomic E-state index is 0.352. The van der Waals surface area contributed by atoms with Gasteiger partial charge in [-0.2, -0.15) is 0 Å². The van der Waals surface area contributed by atoms with Crippen molar-refractivity contribution in [2.75, 3.05) is 20.1 Å². The lowest BCUT2D eigenvalue weighted by Gasteiger charge is -2.47. The predicted octanol–water partition coefficient (Wildman–Crippen LogP) is 4.55. The van der Waals surface area contributed by atoms with Crippen molar-refractivity contribution in [1.29, 1.82) is 0 Å². The van der Waals surface area contributed by atoms with Crippen LogP contribution in [0, 0.1) is 16.7 Å². The highest BCUT2D eigenvalue weighted by Gasteiger charge is 2.39. The molecule has 2 heteroatoms. The molecule has 1 aliphatic rings. The summed E-state index contributed by atoms with van der Waals surface area (Å²) in [7, 11) is 2.31. The predicted molar refractivity (Wildman–Crippen MR) is 94.8 cm³/mol. The van der Waals surface area contributed by atoms with Gasteiger partial charge < -0.3 is 10.2 Å². The van der Waals surface area contributed by atoms with Gasteiger partial charge in [0.25, 0.3) is 0 Å². The third kappa shape index (κ3) is 5.25. The second-order valence-corrected chi connectivity index (χ2v) is 9.05.